The lowest BCUT2D eigenvalue weighted by molar-refractivity contribution is 0.383. The van der Waals surface area contributed by atoms with Crippen molar-refractivity contribution in [2.24, 2.45) is 5.73 Å². The molecule has 2 nitrogen and oxygen atoms in total. The van der Waals surface area contributed by atoms with E-state index in [0.29, 0.717) is 12.0 Å². The maximum Gasteiger partial charge on any atom is 0.168 e. The topological polar surface area (TPSA) is 35.2 Å². The van der Waals surface area contributed by atoms with Gasteiger partial charge in [0.15, 0.2) is 11.6 Å². The van der Waals surface area contributed by atoms with Crippen LogP contribution in [0.15, 0.2) is 42.5 Å². The largest absolute Gasteiger partial charge is 0.494 e. The molecular weight excluding hydrogens is 265 g/mol. The molecule has 0 heterocycles. The number of hydrogen-bond acceptors (Lipinski definition) is 2. The number of nitrogens with two attached hydrogens (primary N) is 1. The highest BCUT2D eigenvalue weighted by Gasteiger charge is 2.12. The molecule has 21 heavy (non-hydrogen) atoms. The Morgan fingerprint density at radius 2 is 1.86 bits per heavy atom. The van der Waals surface area contributed by atoms with E-state index in [1.165, 1.54) is 18.2 Å². The van der Waals surface area contributed by atoms with Gasteiger partial charge in [-0.1, -0.05) is 42.0 Å². The van der Waals surface area contributed by atoms with Crippen LogP contribution in [-0.4, -0.2) is 13.2 Å². The van der Waals surface area contributed by atoms with Gasteiger partial charge in [0.25, 0.3) is 0 Å². The van der Waals surface area contributed by atoms with Crippen molar-refractivity contribution in [1.82, 2.24) is 0 Å². The van der Waals surface area contributed by atoms with Gasteiger partial charge < -0.3 is 10.5 Å². The molecule has 1 atom stereocenters. The first-order chi connectivity index (χ1) is 10.1. The highest BCUT2D eigenvalue weighted by atomic mass is 19.1. The Bertz CT molecular complexity index is 580. The molecule has 0 saturated heterocycles. The maximum absolute atomic E-state index is 14.1. The number of hydrogen-bond donors (Lipinski definition) is 1. The predicted octanol–water partition coefficient (Wildman–Crippen LogP) is 3.65. The first-order valence-electron chi connectivity index (χ1n) is 7.22. The molecule has 0 aromatic heterocycles. The quantitative estimate of drug-likeness (QED) is 0.880. The van der Waals surface area contributed by atoms with Crippen LogP contribution < -0.4 is 10.5 Å². The molecule has 0 saturated carbocycles. The summed E-state index contributed by atoms with van der Waals surface area (Å²) in [5.74, 6) is -0.0241. The number of aryl methyl sites for hydroxylation is 2. The van der Waals surface area contributed by atoms with Crippen molar-refractivity contribution in [1.29, 1.82) is 0 Å². The van der Waals surface area contributed by atoms with Gasteiger partial charge in [-0.05, 0) is 43.4 Å². The molecule has 0 bridgehead atoms. The summed E-state index contributed by atoms with van der Waals surface area (Å²) in [6.07, 6.45) is 2.27. The Morgan fingerprint density at radius 1 is 1.14 bits per heavy atom. The van der Waals surface area contributed by atoms with E-state index < -0.39 is 0 Å². The number of rotatable bonds is 6. The first kappa shape index (κ1) is 15.5. The minimum atomic E-state index is -0.300. The maximum atomic E-state index is 14.1. The fourth-order valence-corrected chi connectivity index (χ4v) is 2.36. The minimum absolute atomic E-state index is 0.0621. The lowest BCUT2D eigenvalue weighted by Gasteiger charge is -2.13. The molecule has 112 valence electrons. The van der Waals surface area contributed by atoms with Crippen molar-refractivity contribution in [3.8, 4) is 5.75 Å². The molecule has 2 aromatic rings. The number of ether oxygens (including phenoxy) is 1. The third-order valence-corrected chi connectivity index (χ3v) is 3.67. The molecule has 0 amide bonds. The van der Waals surface area contributed by atoms with E-state index in [0.717, 1.165) is 12.8 Å². The standard InChI is InChI=1S/C18H22FNO/c1-13-6-8-14(9-7-13)10-11-16(20)12-15-4-3-5-17(21-2)18(15)19/h3-9,16H,10-12,20H2,1-2H3. The zero-order valence-electron chi connectivity index (χ0n) is 12.6. The molecule has 2 rings (SSSR count). The van der Waals surface area contributed by atoms with E-state index in [1.54, 1.807) is 18.2 Å². The van der Waals surface area contributed by atoms with Crippen LogP contribution in [0, 0.1) is 12.7 Å². The lowest BCUT2D eigenvalue weighted by Crippen LogP contribution is -2.24. The molecule has 0 fully saturated rings. The lowest BCUT2D eigenvalue weighted by atomic mass is 9.99. The van der Waals surface area contributed by atoms with Crippen molar-refractivity contribution < 1.29 is 9.13 Å². The molecule has 1 unspecified atom stereocenters. The second kappa shape index (κ2) is 7.23. The molecule has 0 aliphatic rings. The van der Waals surface area contributed by atoms with Gasteiger partial charge in [-0.25, -0.2) is 4.39 Å². The van der Waals surface area contributed by atoms with Crippen LogP contribution in [0.2, 0.25) is 0 Å². The first-order valence-corrected chi connectivity index (χ1v) is 7.22. The SMILES string of the molecule is COc1cccc(CC(N)CCc2ccc(C)cc2)c1F. The molecular formula is C18H22FNO. The fraction of sp³-hybridized carbons (Fsp3) is 0.333. The van der Waals surface area contributed by atoms with Gasteiger partial charge in [0.05, 0.1) is 7.11 Å². The molecule has 0 spiro atoms. The molecule has 2 N–H and O–H groups in total. The summed E-state index contributed by atoms with van der Waals surface area (Å²) in [6.45, 7) is 2.07. The van der Waals surface area contributed by atoms with Gasteiger partial charge in [-0.3, -0.25) is 0 Å². The fourth-order valence-electron chi connectivity index (χ4n) is 2.36. The second-order valence-electron chi connectivity index (χ2n) is 5.42. The zero-order valence-corrected chi connectivity index (χ0v) is 12.6. The van der Waals surface area contributed by atoms with Crippen molar-refractivity contribution in [2.45, 2.75) is 32.2 Å². The van der Waals surface area contributed by atoms with Gasteiger partial charge in [0, 0.05) is 6.04 Å². The molecule has 2 aromatic carbocycles. The summed E-state index contributed by atoms with van der Waals surface area (Å²) < 4.78 is 19.1. The van der Waals surface area contributed by atoms with Crippen LogP contribution in [-0.2, 0) is 12.8 Å². The molecule has 3 heteroatoms. The van der Waals surface area contributed by atoms with Gasteiger partial charge >= 0.3 is 0 Å². The van der Waals surface area contributed by atoms with Crippen LogP contribution in [0.3, 0.4) is 0 Å². The predicted molar refractivity (Wildman–Crippen MR) is 84.1 cm³/mol. The molecule has 0 radical (unpaired) electrons. The summed E-state index contributed by atoms with van der Waals surface area (Å²) in [5.41, 5.74) is 9.27. The minimum Gasteiger partial charge on any atom is -0.494 e. The van der Waals surface area contributed by atoms with Crippen LogP contribution in [0.4, 0.5) is 4.39 Å². The van der Waals surface area contributed by atoms with E-state index >= 15 is 0 Å². The smallest absolute Gasteiger partial charge is 0.168 e. The Morgan fingerprint density at radius 3 is 2.52 bits per heavy atom. The van der Waals surface area contributed by atoms with Gasteiger partial charge in [-0.2, -0.15) is 0 Å². The summed E-state index contributed by atoms with van der Waals surface area (Å²) in [5, 5.41) is 0. The highest BCUT2D eigenvalue weighted by Crippen LogP contribution is 2.21. The number of benzene rings is 2. The number of halogens is 1. The van der Waals surface area contributed by atoms with E-state index in [1.807, 2.05) is 0 Å². The van der Waals surface area contributed by atoms with Crippen molar-refractivity contribution in [3.63, 3.8) is 0 Å². The monoisotopic (exact) mass is 287 g/mol. The molecule has 0 aliphatic carbocycles. The summed E-state index contributed by atoms with van der Waals surface area (Å²) in [6, 6.07) is 13.6. The zero-order chi connectivity index (χ0) is 15.2. The Kier molecular flexibility index (Phi) is 5.34. The van der Waals surface area contributed by atoms with E-state index in [2.05, 4.69) is 31.2 Å². The van der Waals surface area contributed by atoms with E-state index in [4.69, 9.17) is 10.5 Å². The van der Waals surface area contributed by atoms with Crippen LogP contribution in [0.5, 0.6) is 5.75 Å². The van der Waals surface area contributed by atoms with E-state index in [-0.39, 0.29) is 17.6 Å². The Labute approximate surface area is 125 Å². The summed E-state index contributed by atoms with van der Waals surface area (Å²) in [4.78, 5) is 0. The average molecular weight is 287 g/mol. The summed E-state index contributed by atoms with van der Waals surface area (Å²) in [7, 11) is 1.47. The third kappa shape index (κ3) is 4.30. The van der Waals surface area contributed by atoms with Crippen molar-refractivity contribution in [2.75, 3.05) is 7.11 Å². The summed E-state index contributed by atoms with van der Waals surface area (Å²) >= 11 is 0. The highest BCUT2D eigenvalue weighted by molar-refractivity contribution is 5.31. The van der Waals surface area contributed by atoms with Crippen LogP contribution >= 0.6 is 0 Å². The van der Waals surface area contributed by atoms with Crippen molar-refractivity contribution >= 4 is 0 Å². The third-order valence-electron chi connectivity index (χ3n) is 3.67. The number of methoxy groups -OCH3 is 1. The van der Waals surface area contributed by atoms with Gasteiger partial charge in [0.1, 0.15) is 0 Å². The Hall–Kier alpha value is -1.87. The van der Waals surface area contributed by atoms with E-state index in [9.17, 15) is 4.39 Å². The second-order valence-corrected chi connectivity index (χ2v) is 5.42. The van der Waals surface area contributed by atoms with Gasteiger partial charge in [0.2, 0.25) is 0 Å². The normalized spacial score (nSPS) is 12.2. The van der Waals surface area contributed by atoms with Gasteiger partial charge in [-0.15, -0.1) is 0 Å². The molecule has 0 aliphatic heterocycles. The van der Waals surface area contributed by atoms with Crippen molar-refractivity contribution in [3.05, 3.63) is 65.0 Å². The Balaban J connectivity index is 1.92. The van der Waals surface area contributed by atoms with Crippen LogP contribution in [0.25, 0.3) is 0 Å². The van der Waals surface area contributed by atoms with Crippen LogP contribution in [0.1, 0.15) is 23.1 Å². The average Bonchev–Trinajstić information content (AvgIpc) is 2.49.